The summed E-state index contributed by atoms with van der Waals surface area (Å²) in [5.41, 5.74) is 8.56. The average molecular weight is 737 g/mol. The van der Waals surface area contributed by atoms with Gasteiger partial charge in [-0.15, -0.1) is 21.5 Å². The van der Waals surface area contributed by atoms with Gasteiger partial charge in [0.15, 0.2) is 5.82 Å². The van der Waals surface area contributed by atoms with Crippen LogP contribution in [0.5, 0.6) is 0 Å². The summed E-state index contributed by atoms with van der Waals surface area (Å²) in [5, 5.41) is 10.7. The molecule has 1 aliphatic carbocycles. The molecule has 2 aromatic carbocycles. The van der Waals surface area contributed by atoms with Crippen LogP contribution in [0.2, 0.25) is 5.02 Å². The SMILES string of the molecule is Cc1sc2c(c1C)C(c1ccc(Cl)cc1)=N[C@@H](CC(=O)CCC1CCN(c3ccc(-c4ccc5c(c4)CC(=O)C5)cn3)CC1)c1nnc(C)n1-2.S. The van der Waals surface area contributed by atoms with Crippen molar-refractivity contribution in [1.29, 1.82) is 0 Å². The smallest absolute Gasteiger partial charge is 0.163 e. The third-order valence-corrected chi connectivity index (χ3v) is 12.1. The zero-order chi connectivity index (χ0) is 34.5. The van der Waals surface area contributed by atoms with Gasteiger partial charge in [-0.1, -0.05) is 41.9 Å². The maximum Gasteiger partial charge on any atom is 0.163 e. The van der Waals surface area contributed by atoms with Gasteiger partial charge in [0.2, 0.25) is 0 Å². The second-order valence-corrected chi connectivity index (χ2v) is 15.5. The first-order valence-electron chi connectivity index (χ1n) is 17.4. The zero-order valence-electron chi connectivity index (χ0n) is 29.1. The van der Waals surface area contributed by atoms with E-state index in [0.717, 1.165) is 93.9 Å². The summed E-state index contributed by atoms with van der Waals surface area (Å²) < 4.78 is 2.11. The van der Waals surface area contributed by atoms with E-state index in [1.165, 1.54) is 10.4 Å². The fourth-order valence-electron chi connectivity index (χ4n) is 7.64. The van der Waals surface area contributed by atoms with Crippen LogP contribution >= 0.6 is 36.4 Å². The third-order valence-electron chi connectivity index (χ3n) is 10.6. The lowest BCUT2D eigenvalue weighted by molar-refractivity contribution is -0.120. The van der Waals surface area contributed by atoms with Crippen LogP contribution in [0.1, 0.15) is 82.5 Å². The van der Waals surface area contributed by atoms with Crippen molar-refractivity contribution in [3.05, 3.63) is 110 Å². The topological polar surface area (TPSA) is 93.3 Å². The number of Topliss-reactive ketones (excluding diaryl/α,β-unsaturated/α-hetero) is 2. The lowest BCUT2D eigenvalue weighted by Gasteiger charge is -2.32. The Hall–Kier alpha value is -4.12. The van der Waals surface area contributed by atoms with Crippen molar-refractivity contribution >= 4 is 59.5 Å². The fraction of sp³-hybridized carbons (Fsp3) is 0.350. The van der Waals surface area contributed by atoms with E-state index in [4.69, 9.17) is 21.6 Å². The number of benzene rings is 2. The van der Waals surface area contributed by atoms with Gasteiger partial charge in [0.25, 0.3) is 0 Å². The molecule has 11 heteroatoms. The van der Waals surface area contributed by atoms with Gasteiger partial charge >= 0.3 is 0 Å². The highest BCUT2D eigenvalue weighted by molar-refractivity contribution is 7.59. The van der Waals surface area contributed by atoms with Gasteiger partial charge in [0.1, 0.15) is 34.3 Å². The van der Waals surface area contributed by atoms with Crippen molar-refractivity contribution < 1.29 is 9.59 Å². The standard InChI is InChI=1S/C40H39ClN6O2S.H2S/c1-23-24(2)50-40-37(23)38(27-7-10-32(41)11-8-27)43-35(39-45-44-25(3)47(39)40)21-33(48)12-4-26-14-16-46(17-15-26)36-13-9-30(22-42-36)28-5-6-29-19-34(49)20-31(29)18-28;/h5-11,13,18,22,26,35H,4,12,14-17,19-21H2,1-3H3;1H2/t35-;/m0./s1. The van der Waals surface area contributed by atoms with Gasteiger partial charge in [-0.25, -0.2) is 4.98 Å². The molecule has 2 aliphatic heterocycles. The number of thiophene rings is 1. The summed E-state index contributed by atoms with van der Waals surface area (Å²) in [5.74, 6) is 3.49. The number of hydrogen-bond donors (Lipinski definition) is 0. The number of halogens is 1. The fourth-order valence-corrected chi connectivity index (χ4v) is 8.98. The van der Waals surface area contributed by atoms with Gasteiger partial charge in [0.05, 0.1) is 5.71 Å². The number of ketones is 2. The van der Waals surface area contributed by atoms with Crippen LogP contribution in [-0.2, 0) is 22.4 Å². The summed E-state index contributed by atoms with van der Waals surface area (Å²) in [6.07, 6.45) is 6.78. The minimum absolute atomic E-state index is 0. The van der Waals surface area contributed by atoms with Gasteiger partial charge in [-0.2, -0.15) is 13.5 Å². The number of carbonyl (C=O) groups excluding carboxylic acids is 2. The maximum absolute atomic E-state index is 13.6. The molecule has 0 saturated carbocycles. The van der Waals surface area contributed by atoms with Crippen LogP contribution in [0.4, 0.5) is 5.82 Å². The molecule has 0 bridgehead atoms. The van der Waals surface area contributed by atoms with Crippen molar-refractivity contribution in [3.8, 4) is 16.1 Å². The lowest BCUT2D eigenvalue weighted by atomic mass is 9.90. The molecular weight excluding hydrogens is 696 g/mol. The average Bonchev–Trinajstić information content (AvgIpc) is 3.76. The number of aliphatic imine (C=N–C) groups is 1. The van der Waals surface area contributed by atoms with Crippen LogP contribution in [0.3, 0.4) is 0 Å². The molecule has 262 valence electrons. The first kappa shape index (κ1) is 35.3. The van der Waals surface area contributed by atoms with E-state index in [-0.39, 0.29) is 25.7 Å². The summed E-state index contributed by atoms with van der Waals surface area (Å²) >= 11 is 7.97. The van der Waals surface area contributed by atoms with Crippen LogP contribution in [0.15, 0.2) is 65.8 Å². The summed E-state index contributed by atoms with van der Waals surface area (Å²) in [4.78, 5) is 39.1. The minimum atomic E-state index is -0.427. The molecule has 51 heavy (non-hydrogen) atoms. The highest BCUT2D eigenvalue weighted by atomic mass is 35.5. The molecular formula is C40H41ClN6O2S2. The van der Waals surface area contributed by atoms with Crippen molar-refractivity contribution in [3.63, 3.8) is 0 Å². The molecule has 0 N–H and O–H groups in total. The van der Waals surface area contributed by atoms with Crippen LogP contribution < -0.4 is 4.90 Å². The normalized spacial score (nSPS) is 16.9. The van der Waals surface area contributed by atoms with E-state index in [0.29, 0.717) is 36.0 Å². The third kappa shape index (κ3) is 6.93. The zero-order valence-corrected chi connectivity index (χ0v) is 31.7. The van der Waals surface area contributed by atoms with E-state index < -0.39 is 6.04 Å². The summed E-state index contributed by atoms with van der Waals surface area (Å²) in [6.45, 7) is 8.08. The van der Waals surface area contributed by atoms with Gasteiger partial charge < -0.3 is 4.90 Å². The number of carbonyl (C=O) groups is 2. The number of rotatable bonds is 8. The Kier molecular flexibility index (Phi) is 10.0. The second-order valence-electron chi connectivity index (χ2n) is 13.9. The molecule has 8 rings (SSSR count). The molecule has 1 atom stereocenters. The van der Waals surface area contributed by atoms with E-state index in [1.807, 2.05) is 37.4 Å². The van der Waals surface area contributed by atoms with E-state index >= 15 is 0 Å². The predicted octanol–water partition coefficient (Wildman–Crippen LogP) is 8.30. The number of aryl methyl sites for hydroxylation is 2. The van der Waals surface area contributed by atoms with Crippen molar-refractivity contribution in [2.75, 3.05) is 18.0 Å². The maximum atomic E-state index is 13.6. The van der Waals surface area contributed by atoms with E-state index in [2.05, 4.69) is 63.8 Å². The molecule has 1 fully saturated rings. The molecule has 3 aromatic heterocycles. The Balaban J connectivity index is 0.00000406. The molecule has 0 radical (unpaired) electrons. The van der Waals surface area contributed by atoms with Crippen molar-refractivity contribution in [2.45, 2.75) is 71.8 Å². The van der Waals surface area contributed by atoms with Crippen LogP contribution in [0.25, 0.3) is 16.1 Å². The minimum Gasteiger partial charge on any atom is -0.357 e. The Morgan fingerprint density at radius 1 is 0.922 bits per heavy atom. The Labute approximate surface area is 314 Å². The number of anilines is 1. The molecule has 0 amide bonds. The Bertz CT molecular complexity index is 2150. The first-order chi connectivity index (χ1) is 24.2. The van der Waals surface area contributed by atoms with Crippen LogP contribution in [0, 0.1) is 26.7 Å². The highest BCUT2D eigenvalue weighted by Gasteiger charge is 2.32. The van der Waals surface area contributed by atoms with Gasteiger partial charge in [-0.05, 0) is 92.5 Å². The highest BCUT2D eigenvalue weighted by Crippen LogP contribution is 2.40. The molecule has 3 aliphatic rings. The van der Waals surface area contributed by atoms with Gasteiger partial charge in [-0.3, -0.25) is 19.1 Å². The Morgan fingerprint density at radius 2 is 1.65 bits per heavy atom. The molecule has 5 heterocycles. The van der Waals surface area contributed by atoms with Crippen molar-refractivity contribution in [1.82, 2.24) is 19.7 Å². The van der Waals surface area contributed by atoms with Gasteiger partial charge in [0, 0.05) is 71.6 Å². The lowest BCUT2D eigenvalue weighted by Crippen LogP contribution is -2.34. The van der Waals surface area contributed by atoms with E-state index in [9.17, 15) is 9.59 Å². The van der Waals surface area contributed by atoms with Crippen molar-refractivity contribution in [2.24, 2.45) is 10.9 Å². The molecule has 1 saturated heterocycles. The second kappa shape index (κ2) is 14.5. The Morgan fingerprint density at radius 3 is 2.39 bits per heavy atom. The predicted molar refractivity (Wildman–Crippen MR) is 210 cm³/mol. The number of hydrogen-bond acceptors (Lipinski definition) is 8. The molecule has 0 unspecified atom stereocenters. The molecule has 0 spiro atoms. The summed E-state index contributed by atoms with van der Waals surface area (Å²) in [7, 11) is 0. The number of nitrogens with zero attached hydrogens (tertiary/aromatic N) is 6. The number of aromatic nitrogens is 4. The number of fused-ring (bicyclic) bond motifs is 4. The monoisotopic (exact) mass is 736 g/mol. The summed E-state index contributed by atoms with van der Waals surface area (Å²) in [6, 6.07) is 17.9. The number of pyridine rings is 1. The number of piperidine rings is 1. The van der Waals surface area contributed by atoms with E-state index in [1.54, 1.807) is 11.3 Å². The molecule has 5 aromatic rings. The molecule has 8 nitrogen and oxygen atoms in total. The van der Waals surface area contributed by atoms with Crippen LogP contribution in [-0.4, -0.2) is 50.1 Å². The first-order valence-corrected chi connectivity index (χ1v) is 18.6. The largest absolute Gasteiger partial charge is 0.357 e. The quantitative estimate of drug-likeness (QED) is 0.159.